The van der Waals surface area contributed by atoms with Gasteiger partial charge in [-0.25, -0.2) is 8.78 Å². The van der Waals surface area contributed by atoms with E-state index in [1.807, 2.05) is 20.8 Å². The Morgan fingerprint density at radius 3 is 2.35 bits per heavy atom. The fourth-order valence-electron chi connectivity index (χ4n) is 1.59. The van der Waals surface area contributed by atoms with Crippen molar-refractivity contribution in [2.24, 2.45) is 5.92 Å². The molecule has 2 N–H and O–H groups in total. The Labute approximate surface area is 101 Å². The van der Waals surface area contributed by atoms with Crippen LogP contribution in [0.15, 0.2) is 18.2 Å². The van der Waals surface area contributed by atoms with Gasteiger partial charge in [-0.3, -0.25) is 0 Å². The minimum Gasteiger partial charge on any atom is -0.396 e. The Bertz CT molecular complexity index is 370. The fourth-order valence-corrected chi connectivity index (χ4v) is 1.59. The maximum Gasteiger partial charge on any atom is 0.159 e. The van der Waals surface area contributed by atoms with Gasteiger partial charge in [-0.05, 0) is 37.5 Å². The van der Waals surface area contributed by atoms with Gasteiger partial charge in [0.2, 0.25) is 0 Å². The molecule has 0 saturated heterocycles. The third kappa shape index (κ3) is 3.75. The summed E-state index contributed by atoms with van der Waals surface area (Å²) in [6.45, 7) is 5.86. The summed E-state index contributed by atoms with van der Waals surface area (Å²) in [4.78, 5) is 0. The highest BCUT2D eigenvalue weighted by Gasteiger charge is 2.15. The van der Waals surface area contributed by atoms with Crippen LogP contribution in [0.4, 0.5) is 8.78 Å². The van der Waals surface area contributed by atoms with E-state index in [4.69, 9.17) is 5.11 Å². The van der Waals surface area contributed by atoms with E-state index in [-0.39, 0.29) is 24.6 Å². The van der Waals surface area contributed by atoms with Gasteiger partial charge in [0.25, 0.3) is 0 Å². The molecule has 3 atom stereocenters. The Morgan fingerprint density at radius 2 is 1.82 bits per heavy atom. The van der Waals surface area contributed by atoms with E-state index in [0.29, 0.717) is 5.56 Å². The molecule has 0 radical (unpaired) electrons. The smallest absolute Gasteiger partial charge is 0.159 e. The second-order valence-electron chi connectivity index (χ2n) is 4.51. The normalized spacial score (nSPS) is 16.6. The third-order valence-corrected chi connectivity index (χ3v) is 3.10. The summed E-state index contributed by atoms with van der Waals surface area (Å²) in [6, 6.07) is 3.90. The average molecular weight is 243 g/mol. The van der Waals surface area contributed by atoms with Gasteiger partial charge < -0.3 is 10.4 Å². The monoisotopic (exact) mass is 243 g/mol. The first-order valence-corrected chi connectivity index (χ1v) is 5.77. The second-order valence-corrected chi connectivity index (χ2v) is 4.51. The predicted octanol–water partition coefficient (Wildman–Crippen LogP) is 2.63. The maximum atomic E-state index is 13.1. The number of nitrogens with one attached hydrogen (secondary N) is 1. The molecule has 0 fully saturated rings. The van der Waals surface area contributed by atoms with Crippen molar-refractivity contribution in [1.29, 1.82) is 0 Å². The molecule has 0 heterocycles. The van der Waals surface area contributed by atoms with E-state index >= 15 is 0 Å². The summed E-state index contributed by atoms with van der Waals surface area (Å²) >= 11 is 0. The highest BCUT2D eigenvalue weighted by Crippen LogP contribution is 2.17. The zero-order chi connectivity index (χ0) is 13.0. The molecule has 2 nitrogen and oxygen atoms in total. The van der Waals surface area contributed by atoms with Crippen molar-refractivity contribution in [3.63, 3.8) is 0 Å². The van der Waals surface area contributed by atoms with E-state index in [1.165, 1.54) is 6.07 Å². The van der Waals surface area contributed by atoms with Crippen LogP contribution < -0.4 is 5.32 Å². The zero-order valence-corrected chi connectivity index (χ0v) is 10.4. The number of hydrogen-bond donors (Lipinski definition) is 2. The van der Waals surface area contributed by atoms with Crippen molar-refractivity contribution in [3.8, 4) is 0 Å². The summed E-state index contributed by atoms with van der Waals surface area (Å²) in [5.74, 6) is -1.56. The first kappa shape index (κ1) is 14.1. The van der Waals surface area contributed by atoms with E-state index in [9.17, 15) is 8.78 Å². The lowest BCUT2D eigenvalue weighted by Gasteiger charge is -2.24. The van der Waals surface area contributed by atoms with E-state index in [1.54, 1.807) is 6.07 Å². The lowest BCUT2D eigenvalue weighted by molar-refractivity contribution is 0.202. The Hall–Kier alpha value is -1.00. The molecular formula is C13H19F2NO. The average Bonchev–Trinajstić information content (AvgIpc) is 2.31. The molecule has 1 aromatic carbocycles. The van der Waals surface area contributed by atoms with Crippen LogP contribution in [0.2, 0.25) is 0 Å². The highest BCUT2D eigenvalue weighted by atomic mass is 19.2. The predicted molar refractivity (Wildman–Crippen MR) is 63.6 cm³/mol. The Balaban J connectivity index is 2.69. The van der Waals surface area contributed by atoms with Crippen molar-refractivity contribution in [3.05, 3.63) is 35.4 Å². The van der Waals surface area contributed by atoms with Crippen molar-refractivity contribution in [2.45, 2.75) is 32.9 Å². The number of aliphatic hydroxyl groups excluding tert-OH is 1. The van der Waals surface area contributed by atoms with Crippen LogP contribution in [0.25, 0.3) is 0 Å². The van der Waals surface area contributed by atoms with Gasteiger partial charge in [-0.15, -0.1) is 0 Å². The van der Waals surface area contributed by atoms with Crippen molar-refractivity contribution < 1.29 is 13.9 Å². The summed E-state index contributed by atoms with van der Waals surface area (Å²) in [5.41, 5.74) is 0.695. The number of rotatable bonds is 5. The number of halogens is 2. The quantitative estimate of drug-likeness (QED) is 0.833. The van der Waals surface area contributed by atoms with Gasteiger partial charge in [0, 0.05) is 18.7 Å². The SMILES string of the molecule is CC(NC(C)C(C)CO)c1ccc(F)c(F)c1. The Morgan fingerprint density at radius 1 is 1.18 bits per heavy atom. The lowest BCUT2D eigenvalue weighted by Crippen LogP contribution is -2.35. The fraction of sp³-hybridized carbons (Fsp3) is 0.538. The molecular weight excluding hydrogens is 224 g/mol. The summed E-state index contributed by atoms with van der Waals surface area (Å²) in [5, 5.41) is 12.3. The number of aliphatic hydroxyl groups is 1. The van der Waals surface area contributed by atoms with Gasteiger partial charge >= 0.3 is 0 Å². The largest absolute Gasteiger partial charge is 0.396 e. The van der Waals surface area contributed by atoms with Crippen LogP contribution in [0.1, 0.15) is 32.4 Å². The molecule has 17 heavy (non-hydrogen) atoms. The van der Waals surface area contributed by atoms with Crippen LogP contribution in [0.3, 0.4) is 0 Å². The van der Waals surface area contributed by atoms with Crippen LogP contribution in [-0.4, -0.2) is 17.8 Å². The van der Waals surface area contributed by atoms with Gasteiger partial charge in [-0.1, -0.05) is 13.0 Å². The summed E-state index contributed by atoms with van der Waals surface area (Å²) in [6.07, 6.45) is 0. The molecule has 4 heteroatoms. The van der Waals surface area contributed by atoms with E-state index in [2.05, 4.69) is 5.32 Å². The Kier molecular flexibility index (Phi) is 5.02. The molecule has 0 saturated carbocycles. The van der Waals surface area contributed by atoms with Gasteiger partial charge in [0.1, 0.15) is 0 Å². The van der Waals surface area contributed by atoms with Gasteiger partial charge in [-0.2, -0.15) is 0 Å². The maximum absolute atomic E-state index is 13.1. The molecule has 0 aliphatic heterocycles. The van der Waals surface area contributed by atoms with Crippen molar-refractivity contribution >= 4 is 0 Å². The van der Waals surface area contributed by atoms with E-state index < -0.39 is 11.6 Å². The molecule has 96 valence electrons. The standard InChI is InChI=1S/C13H19F2NO/c1-8(7-17)9(2)16-10(3)11-4-5-12(14)13(15)6-11/h4-6,8-10,16-17H,7H2,1-3H3. The minimum atomic E-state index is -0.835. The molecule has 0 aromatic heterocycles. The molecule has 1 rings (SSSR count). The van der Waals surface area contributed by atoms with Crippen molar-refractivity contribution in [1.82, 2.24) is 5.32 Å². The minimum absolute atomic E-state index is 0.0888. The van der Waals surface area contributed by atoms with Gasteiger partial charge in [0.05, 0.1) is 0 Å². The highest BCUT2D eigenvalue weighted by molar-refractivity contribution is 5.20. The molecule has 0 aliphatic carbocycles. The van der Waals surface area contributed by atoms with Crippen LogP contribution in [-0.2, 0) is 0 Å². The molecule has 3 unspecified atom stereocenters. The first-order valence-electron chi connectivity index (χ1n) is 5.77. The second kappa shape index (κ2) is 6.07. The lowest BCUT2D eigenvalue weighted by atomic mass is 10.0. The molecule has 1 aromatic rings. The molecule has 0 spiro atoms. The summed E-state index contributed by atoms with van der Waals surface area (Å²) in [7, 11) is 0. The molecule has 0 bridgehead atoms. The number of benzene rings is 1. The van der Waals surface area contributed by atoms with Crippen LogP contribution in [0, 0.1) is 17.6 Å². The molecule has 0 aliphatic rings. The van der Waals surface area contributed by atoms with Crippen LogP contribution in [0.5, 0.6) is 0 Å². The topological polar surface area (TPSA) is 32.3 Å². The first-order chi connectivity index (χ1) is 7.95. The van der Waals surface area contributed by atoms with Crippen LogP contribution >= 0.6 is 0 Å². The van der Waals surface area contributed by atoms with Gasteiger partial charge in [0.15, 0.2) is 11.6 Å². The zero-order valence-electron chi connectivity index (χ0n) is 10.4. The van der Waals surface area contributed by atoms with Crippen molar-refractivity contribution in [2.75, 3.05) is 6.61 Å². The van der Waals surface area contributed by atoms with E-state index in [0.717, 1.165) is 6.07 Å². The summed E-state index contributed by atoms with van der Waals surface area (Å²) < 4.78 is 25.8. The number of hydrogen-bond acceptors (Lipinski definition) is 2. The third-order valence-electron chi connectivity index (χ3n) is 3.10. The molecule has 0 amide bonds.